The van der Waals surface area contributed by atoms with Crippen LogP contribution in [0.25, 0.3) is 0 Å². The lowest BCUT2D eigenvalue weighted by atomic mass is 9.94. The molecule has 1 N–H and O–H groups in total. The molecule has 7 heteroatoms. The molecule has 1 saturated heterocycles. The Kier molecular flexibility index (Phi) is 6.05. The molecule has 0 spiro atoms. The topological polar surface area (TPSA) is 75.7 Å². The van der Waals surface area contributed by atoms with Crippen LogP contribution < -0.4 is 10.1 Å². The molecule has 1 aliphatic heterocycles. The van der Waals surface area contributed by atoms with Crippen molar-refractivity contribution in [1.82, 2.24) is 4.31 Å². The van der Waals surface area contributed by atoms with Crippen LogP contribution in [0.1, 0.15) is 30.6 Å². The number of piperidine rings is 1. The van der Waals surface area contributed by atoms with E-state index in [-0.39, 0.29) is 10.8 Å². The molecular weight excluding hydrogens is 376 g/mol. The molecule has 28 heavy (non-hydrogen) atoms. The van der Waals surface area contributed by atoms with Crippen molar-refractivity contribution in [3.8, 4) is 5.75 Å². The van der Waals surface area contributed by atoms with Gasteiger partial charge >= 0.3 is 0 Å². The lowest BCUT2D eigenvalue weighted by Crippen LogP contribution is -2.42. The van der Waals surface area contributed by atoms with Gasteiger partial charge in [-0.25, -0.2) is 8.42 Å². The third-order valence-electron chi connectivity index (χ3n) is 4.92. The molecule has 0 bridgehead atoms. The summed E-state index contributed by atoms with van der Waals surface area (Å²) < 4.78 is 32.6. The molecule has 0 aliphatic carbocycles. The van der Waals surface area contributed by atoms with Crippen LogP contribution in [-0.2, 0) is 10.0 Å². The van der Waals surface area contributed by atoms with Crippen molar-refractivity contribution >= 4 is 21.6 Å². The summed E-state index contributed by atoms with van der Waals surface area (Å²) >= 11 is 0. The molecule has 6 nitrogen and oxygen atoms in total. The number of rotatable bonds is 5. The number of carbonyl (C=O) groups excluding carboxylic acids is 1. The van der Waals surface area contributed by atoms with Crippen molar-refractivity contribution in [3.05, 3.63) is 54.1 Å². The van der Waals surface area contributed by atoms with Crippen LogP contribution in [0.3, 0.4) is 0 Å². The van der Waals surface area contributed by atoms with Gasteiger partial charge in [-0.3, -0.25) is 4.79 Å². The van der Waals surface area contributed by atoms with Crippen molar-refractivity contribution < 1.29 is 17.9 Å². The van der Waals surface area contributed by atoms with Crippen molar-refractivity contribution in [2.45, 2.75) is 25.2 Å². The monoisotopic (exact) mass is 402 g/mol. The largest absolute Gasteiger partial charge is 0.497 e. The number of nitrogens with zero attached hydrogens (tertiary/aromatic N) is 1. The zero-order chi connectivity index (χ0) is 20.3. The van der Waals surface area contributed by atoms with E-state index in [0.717, 1.165) is 6.42 Å². The van der Waals surface area contributed by atoms with Crippen LogP contribution in [-0.4, -0.2) is 38.8 Å². The predicted octanol–water partition coefficient (Wildman–Crippen LogP) is 3.61. The van der Waals surface area contributed by atoms with E-state index < -0.39 is 10.0 Å². The second-order valence-corrected chi connectivity index (χ2v) is 9.42. The Hall–Kier alpha value is -2.38. The van der Waals surface area contributed by atoms with Crippen LogP contribution in [0, 0.1) is 11.8 Å². The lowest BCUT2D eigenvalue weighted by Gasteiger charge is -2.34. The molecule has 0 radical (unpaired) electrons. The Balaban J connectivity index is 1.74. The number of benzene rings is 2. The standard InChI is InChI=1S/C21H26N2O4S/c1-15-11-16(2)14-23(13-15)28(25,26)20-9-7-17(8-10-20)21(24)22-18-5-4-6-19(12-18)27-3/h4-10,12,15-16H,11,13-14H2,1-3H3,(H,22,24)/t15-,16+. The average molecular weight is 403 g/mol. The fourth-order valence-electron chi connectivity index (χ4n) is 3.63. The number of methoxy groups -OCH3 is 1. The molecule has 150 valence electrons. The Morgan fingerprint density at radius 1 is 1.07 bits per heavy atom. The quantitative estimate of drug-likeness (QED) is 0.829. The minimum Gasteiger partial charge on any atom is -0.497 e. The highest BCUT2D eigenvalue weighted by Crippen LogP contribution is 2.27. The Morgan fingerprint density at radius 2 is 1.71 bits per heavy atom. The molecule has 1 heterocycles. The number of sulfonamides is 1. The number of carbonyl (C=O) groups is 1. The maximum atomic E-state index is 12.9. The molecule has 2 aromatic rings. The molecule has 0 saturated carbocycles. The Morgan fingerprint density at radius 3 is 2.32 bits per heavy atom. The summed E-state index contributed by atoms with van der Waals surface area (Å²) in [7, 11) is -1.99. The van der Waals surface area contributed by atoms with E-state index in [1.807, 2.05) is 0 Å². The van der Waals surface area contributed by atoms with Gasteiger partial charge in [-0.2, -0.15) is 4.31 Å². The summed E-state index contributed by atoms with van der Waals surface area (Å²) in [6, 6.07) is 13.1. The lowest BCUT2D eigenvalue weighted by molar-refractivity contribution is 0.102. The second kappa shape index (κ2) is 8.32. The van der Waals surface area contributed by atoms with Crippen LogP contribution in [0.2, 0.25) is 0 Å². The summed E-state index contributed by atoms with van der Waals surface area (Å²) in [4.78, 5) is 12.7. The highest BCUT2D eigenvalue weighted by atomic mass is 32.2. The van der Waals surface area contributed by atoms with Gasteiger partial charge in [0.1, 0.15) is 5.75 Å². The molecule has 2 aromatic carbocycles. The predicted molar refractivity (Wildman–Crippen MR) is 109 cm³/mol. The maximum absolute atomic E-state index is 12.9. The zero-order valence-electron chi connectivity index (χ0n) is 16.4. The van der Waals surface area contributed by atoms with Gasteiger partial charge in [0.05, 0.1) is 12.0 Å². The fraction of sp³-hybridized carbons (Fsp3) is 0.381. The Bertz CT molecular complexity index is 931. The van der Waals surface area contributed by atoms with E-state index in [0.29, 0.717) is 41.9 Å². The van der Waals surface area contributed by atoms with Crippen LogP contribution in [0.5, 0.6) is 5.75 Å². The van der Waals surface area contributed by atoms with E-state index in [4.69, 9.17) is 4.74 Å². The molecule has 1 amide bonds. The minimum atomic E-state index is -3.55. The summed E-state index contributed by atoms with van der Waals surface area (Å²) in [5, 5.41) is 2.79. The van der Waals surface area contributed by atoms with E-state index in [2.05, 4.69) is 19.2 Å². The zero-order valence-corrected chi connectivity index (χ0v) is 17.2. The van der Waals surface area contributed by atoms with Gasteiger partial charge in [0.2, 0.25) is 10.0 Å². The van der Waals surface area contributed by atoms with E-state index in [1.54, 1.807) is 47.8 Å². The summed E-state index contributed by atoms with van der Waals surface area (Å²) in [5.74, 6) is 1.01. The summed E-state index contributed by atoms with van der Waals surface area (Å²) in [5.41, 5.74) is 1.000. The molecule has 1 aliphatic rings. The number of amides is 1. The van der Waals surface area contributed by atoms with Gasteiger partial charge in [0.15, 0.2) is 0 Å². The maximum Gasteiger partial charge on any atom is 0.255 e. The first-order valence-corrected chi connectivity index (χ1v) is 10.8. The summed E-state index contributed by atoms with van der Waals surface area (Å²) in [6.45, 7) is 5.21. The van der Waals surface area contributed by atoms with Gasteiger partial charge in [-0.15, -0.1) is 0 Å². The van der Waals surface area contributed by atoms with Gasteiger partial charge in [0.25, 0.3) is 5.91 Å². The van der Waals surface area contributed by atoms with Gasteiger partial charge in [-0.1, -0.05) is 19.9 Å². The van der Waals surface area contributed by atoms with E-state index >= 15 is 0 Å². The van der Waals surface area contributed by atoms with Crippen molar-refractivity contribution in [1.29, 1.82) is 0 Å². The van der Waals surface area contributed by atoms with Crippen LogP contribution in [0.15, 0.2) is 53.4 Å². The normalized spacial score (nSPS) is 20.5. The Labute approximate surface area is 166 Å². The molecule has 0 unspecified atom stereocenters. The smallest absolute Gasteiger partial charge is 0.255 e. The number of ether oxygens (including phenoxy) is 1. The first-order valence-electron chi connectivity index (χ1n) is 9.35. The van der Waals surface area contributed by atoms with Crippen LogP contribution >= 0.6 is 0 Å². The van der Waals surface area contributed by atoms with E-state index in [1.165, 1.54) is 12.1 Å². The van der Waals surface area contributed by atoms with Crippen molar-refractivity contribution in [3.63, 3.8) is 0 Å². The highest BCUT2D eigenvalue weighted by Gasteiger charge is 2.31. The first kappa shape index (κ1) is 20.4. The summed E-state index contributed by atoms with van der Waals surface area (Å²) in [6.07, 6.45) is 1.04. The van der Waals surface area contributed by atoms with Crippen molar-refractivity contribution in [2.24, 2.45) is 11.8 Å². The first-order chi connectivity index (χ1) is 13.3. The van der Waals surface area contributed by atoms with Crippen LogP contribution in [0.4, 0.5) is 5.69 Å². The number of hydrogen-bond acceptors (Lipinski definition) is 4. The van der Waals surface area contributed by atoms with Gasteiger partial charge in [0, 0.05) is 30.4 Å². The average Bonchev–Trinajstić information content (AvgIpc) is 2.67. The molecule has 0 aromatic heterocycles. The fourth-order valence-corrected chi connectivity index (χ4v) is 5.31. The van der Waals surface area contributed by atoms with Gasteiger partial charge in [-0.05, 0) is 54.7 Å². The highest BCUT2D eigenvalue weighted by molar-refractivity contribution is 7.89. The molecule has 1 fully saturated rings. The SMILES string of the molecule is COc1cccc(NC(=O)c2ccc(S(=O)(=O)N3C[C@H](C)C[C@H](C)C3)cc2)c1. The van der Waals surface area contributed by atoms with Gasteiger partial charge < -0.3 is 10.1 Å². The number of anilines is 1. The molecule has 2 atom stereocenters. The number of hydrogen-bond donors (Lipinski definition) is 1. The third kappa shape index (κ3) is 4.54. The number of nitrogens with one attached hydrogen (secondary N) is 1. The molecule has 3 rings (SSSR count). The molecular formula is C21H26N2O4S. The van der Waals surface area contributed by atoms with E-state index in [9.17, 15) is 13.2 Å². The third-order valence-corrected chi connectivity index (χ3v) is 6.76. The minimum absolute atomic E-state index is 0.215. The second-order valence-electron chi connectivity index (χ2n) is 7.48. The van der Waals surface area contributed by atoms with Crippen molar-refractivity contribution in [2.75, 3.05) is 25.5 Å².